The van der Waals surface area contributed by atoms with E-state index in [1.807, 2.05) is 30.3 Å². The molecular weight excluding hydrogens is 375 g/mol. The van der Waals surface area contributed by atoms with Gasteiger partial charge in [0, 0.05) is 37.3 Å². The van der Waals surface area contributed by atoms with E-state index < -0.39 is 12.7 Å². The Morgan fingerprint density at radius 1 is 1.04 bits per heavy atom. The van der Waals surface area contributed by atoms with E-state index in [1.165, 1.54) is 16.7 Å². The summed E-state index contributed by atoms with van der Waals surface area (Å²) in [5, 5.41) is 0.602. The third-order valence-corrected chi connectivity index (χ3v) is 5.26. The van der Waals surface area contributed by atoms with Gasteiger partial charge in [0.25, 0.3) is 5.91 Å². The molecule has 0 atom stereocenters. The summed E-state index contributed by atoms with van der Waals surface area (Å²) in [5.74, 6) is -0.185. The Kier molecular flexibility index (Phi) is 6.38. The summed E-state index contributed by atoms with van der Waals surface area (Å²) >= 11 is 1.40. The Labute approximate surface area is 160 Å². The molecule has 8 heteroatoms. The summed E-state index contributed by atoms with van der Waals surface area (Å²) in [7, 11) is 0. The standard InChI is InChI=1S/C19H20F3N3OS/c20-19(21,22)14-24-10-5-11-25(13-12-24)18(26)16-8-4-9-23-17(16)27-15-6-2-1-3-7-15/h1-4,6-9H,5,10-14H2. The molecular formula is C19H20F3N3OS. The lowest BCUT2D eigenvalue weighted by atomic mass is 10.2. The van der Waals surface area contributed by atoms with Crippen LogP contribution in [0.1, 0.15) is 16.8 Å². The van der Waals surface area contributed by atoms with E-state index in [2.05, 4.69) is 4.98 Å². The first-order valence-corrected chi connectivity index (χ1v) is 9.50. The molecule has 0 aliphatic carbocycles. The number of benzene rings is 1. The highest BCUT2D eigenvalue weighted by Gasteiger charge is 2.32. The number of aromatic nitrogens is 1. The van der Waals surface area contributed by atoms with E-state index in [0.717, 1.165) is 4.90 Å². The molecule has 0 unspecified atom stereocenters. The Morgan fingerprint density at radius 2 is 1.81 bits per heavy atom. The summed E-state index contributed by atoms with van der Waals surface area (Å²) in [6.45, 7) is 0.336. The summed E-state index contributed by atoms with van der Waals surface area (Å²) < 4.78 is 37.9. The van der Waals surface area contributed by atoms with E-state index in [-0.39, 0.29) is 19.0 Å². The minimum atomic E-state index is -4.22. The van der Waals surface area contributed by atoms with Crippen molar-refractivity contribution in [3.05, 3.63) is 54.2 Å². The van der Waals surface area contributed by atoms with E-state index in [9.17, 15) is 18.0 Å². The highest BCUT2D eigenvalue weighted by atomic mass is 32.2. The number of halogens is 3. The maximum atomic E-state index is 13.0. The van der Waals surface area contributed by atoms with Crippen LogP contribution in [0.15, 0.2) is 58.6 Å². The second-order valence-corrected chi connectivity index (χ2v) is 7.37. The number of nitrogens with zero attached hydrogens (tertiary/aromatic N) is 3. The van der Waals surface area contributed by atoms with Gasteiger partial charge < -0.3 is 4.90 Å². The second kappa shape index (κ2) is 8.75. The van der Waals surface area contributed by atoms with Gasteiger partial charge in [-0.15, -0.1) is 0 Å². The lowest BCUT2D eigenvalue weighted by Gasteiger charge is -2.23. The number of amides is 1. The Balaban J connectivity index is 1.71. The Morgan fingerprint density at radius 3 is 2.56 bits per heavy atom. The lowest BCUT2D eigenvalue weighted by Crippen LogP contribution is -2.38. The molecule has 0 radical (unpaired) electrons. The Hall–Kier alpha value is -2.06. The normalized spacial score (nSPS) is 16.2. The number of alkyl halides is 3. The van der Waals surface area contributed by atoms with E-state index in [4.69, 9.17) is 0 Å². The van der Waals surface area contributed by atoms with Crippen molar-refractivity contribution in [1.82, 2.24) is 14.8 Å². The van der Waals surface area contributed by atoms with Crippen molar-refractivity contribution in [2.75, 3.05) is 32.7 Å². The number of pyridine rings is 1. The number of carbonyl (C=O) groups excluding carboxylic acids is 1. The first kappa shape index (κ1) is 19.7. The van der Waals surface area contributed by atoms with Gasteiger partial charge >= 0.3 is 6.18 Å². The van der Waals surface area contributed by atoms with Gasteiger partial charge in [0.15, 0.2) is 0 Å². The molecule has 1 fully saturated rings. The van der Waals surface area contributed by atoms with Gasteiger partial charge in [-0.05, 0) is 30.7 Å². The van der Waals surface area contributed by atoms with Crippen molar-refractivity contribution in [3.8, 4) is 0 Å². The molecule has 1 aliphatic heterocycles. The SMILES string of the molecule is O=C(c1cccnc1Sc1ccccc1)N1CCCN(CC(F)(F)F)CC1. The van der Waals surface area contributed by atoms with E-state index >= 15 is 0 Å². The molecule has 2 heterocycles. The molecule has 0 bridgehead atoms. The van der Waals surface area contributed by atoms with Crippen LogP contribution in [-0.4, -0.2) is 59.6 Å². The molecule has 1 amide bonds. The predicted octanol–water partition coefficient (Wildman–Crippen LogP) is 3.94. The fourth-order valence-electron chi connectivity index (χ4n) is 2.99. The average Bonchev–Trinajstić information content (AvgIpc) is 2.86. The average molecular weight is 395 g/mol. The van der Waals surface area contributed by atoms with Gasteiger partial charge in [0.05, 0.1) is 12.1 Å². The van der Waals surface area contributed by atoms with Crippen LogP contribution in [0.3, 0.4) is 0 Å². The zero-order valence-corrected chi connectivity index (χ0v) is 15.5. The molecule has 4 nitrogen and oxygen atoms in total. The molecule has 2 aromatic rings. The van der Waals surface area contributed by atoms with Crippen molar-refractivity contribution in [2.24, 2.45) is 0 Å². The summed E-state index contributed by atoms with van der Waals surface area (Å²) in [4.78, 5) is 21.3. The zero-order chi connectivity index (χ0) is 19.3. The van der Waals surface area contributed by atoms with Gasteiger partial charge in [0.2, 0.25) is 0 Å². The molecule has 1 saturated heterocycles. The Bertz CT molecular complexity index is 770. The number of rotatable bonds is 4. The predicted molar refractivity (Wildman–Crippen MR) is 97.8 cm³/mol. The fraction of sp³-hybridized carbons (Fsp3) is 0.368. The van der Waals surface area contributed by atoms with Crippen LogP contribution in [0, 0.1) is 0 Å². The van der Waals surface area contributed by atoms with Crippen LogP contribution in [0.25, 0.3) is 0 Å². The number of hydrogen-bond acceptors (Lipinski definition) is 4. The quantitative estimate of drug-likeness (QED) is 0.786. The maximum Gasteiger partial charge on any atom is 0.401 e. The summed E-state index contributed by atoms with van der Waals surface area (Å²) in [6.07, 6.45) is -2.07. The lowest BCUT2D eigenvalue weighted by molar-refractivity contribution is -0.145. The van der Waals surface area contributed by atoms with Gasteiger partial charge in [-0.25, -0.2) is 4.98 Å². The van der Waals surface area contributed by atoms with Crippen molar-refractivity contribution < 1.29 is 18.0 Å². The molecule has 0 saturated carbocycles. The minimum Gasteiger partial charge on any atom is -0.337 e. The maximum absolute atomic E-state index is 13.0. The summed E-state index contributed by atoms with van der Waals surface area (Å²) in [6, 6.07) is 13.0. The minimum absolute atomic E-state index is 0.185. The summed E-state index contributed by atoms with van der Waals surface area (Å²) in [5.41, 5.74) is 0.482. The largest absolute Gasteiger partial charge is 0.401 e. The van der Waals surface area contributed by atoms with Gasteiger partial charge in [-0.1, -0.05) is 30.0 Å². The van der Waals surface area contributed by atoms with E-state index in [1.54, 1.807) is 23.2 Å². The molecule has 1 aromatic carbocycles. The first-order chi connectivity index (χ1) is 12.9. The van der Waals surface area contributed by atoms with Gasteiger partial charge in [-0.2, -0.15) is 13.2 Å². The van der Waals surface area contributed by atoms with Gasteiger partial charge in [-0.3, -0.25) is 9.69 Å². The van der Waals surface area contributed by atoms with Crippen molar-refractivity contribution >= 4 is 17.7 Å². The van der Waals surface area contributed by atoms with Crippen molar-refractivity contribution in [2.45, 2.75) is 22.5 Å². The van der Waals surface area contributed by atoms with Crippen molar-refractivity contribution in [3.63, 3.8) is 0 Å². The van der Waals surface area contributed by atoms with Crippen LogP contribution < -0.4 is 0 Å². The molecule has 144 valence electrons. The zero-order valence-electron chi connectivity index (χ0n) is 14.7. The van der Waals surface area contributed by atoms with Crippen molar-refractivity contribution in [1.29, 1.82) is 0 Å². The van der Waals surface area contributed by atoms with Crippen LogP contribution >= 0.6 is 11.8 Å². The number of carbonyl (C=O) groups is 1. The monoisotopic (exact) mass is 395 g/mol. The number of hydrogen-bond donors (Lipinski definition) is 0. The topological polar surface area (TPSA) is 36.4 Å². The first-order valence-electron chi connectivity index (χ1n) is 8.69. The van der Waals surface area contributed by atoms with Crippen LogP contribution in [0.5, 0.6) is 0 Å². The third-order valence-electron chi connectivity index (χ3n) is 4.24. The smallest absolute Gasteiger partial charge is 0.337 e. The highest BCUT2D eigenvalue weighted by Crippen LogP contribution is 2.29. The second-order valence-electron chi connectivity index (χ2n) is 6.31. The van der Waals surface area contributed by atoms with Gasteiger partial charge in [0.1, 0.15) is 5.03 Å². The van der Waals surface area contributed by atoms with Crippen LogP contribution in [0.2, 0.25) is 0 Å². The molecule has 1 aromatic heterocycles. The third kappa shape index (κ3) is 5.71. The van der Waals surface area contributed by atoms with Crippen LogP contribution in [0.4, 0.5) is 13.2 Å². The molecule has 1 aliphatic rings. The molecule has 3 rings (SSSR count). The molecule has 0 spiro atoms. The highest BCUT2D eigenvalue weighted by molar-refractivity contribution is 7.99. The molecule has 27 heavy (non-hydrogen) atoms. The molecule has 0 N–H and O–H groups in total. The fourth-order valence-corrected chi connectivity index (χ4v) is 3.89. The van der Waals surface area contributed by atoms with Crippen LogP contribution in [-0.2, 0) is 0 Å². The van der Waals surface area contributed by atoms with E-state index in [0.29, 0.717) is 30.1 Å².